The van der Waals surface area contributed by atoms with Gasteiger partial charge in [-0.05, 0) is 37.3 Å². The van der Waals surface area contributed by atoms with Gasteiger partial charge in [-0.15, -0.1) is 0 Å². The van der Waals surface area contributed by atoms with Gasteiger partial charge in [-0.2, -0.15) is 10.4 Å². The summed E-state index contributed by atoms with van der Waals surface area (Å²) in [5.41, 5.74) is 6.23. The average Bonchev–Trinajstić information content (AvgIpc) is 2.84. The summed E-state index contributed by atoms with van der Waals surface area (Å²) < 4.78 is 5.86. The molecule has 0 aliphatic carbocycles. The molecule has 0 radical (unpaired) electrons. The van der Waals surface area contributed by atoms with Gasteiger partial charge < -0.3 is 10.1 Å². The summed E-state index contributed by atoms with van der Waals surface area (Å²) in [6.07, 6.45) is 1.54. The molecule has 2 amide bonds. The lowest BCUT2D eigenvalue weighted by molar-refractivity contribution is -0.124. The number of amides is 2. The van der Waals surface area contributed by atoms with E-state index in [2.05, 4.69) is 21.9 Å². The molecule has 166 valence electrons. The Kier molecular flexibility index (Phi) is 8.32. The highest BCUT2D eigenvalue weighted by atomic mass is 16.5. The summed E-state index contributed by atoms with van der Waals surface area (Å²) in [7, 11) is 0. The fourth-order valence-corrected chi connectivity index (χ4v) is 2.95. The minimum absolute atomic E-state index is 0.0120. The number of benzene rings is 3. The minimum atomic E-state index is -0.369. The van der Waals surface area contributed by atoms with Crippen LogP contribution >= 0.6 is 0 Å². The quantitative estimate of drug-likeness (QED) is 0.382. The first-order chi connectivity index (χ1) is 16.0. The minimum Gasteiger partial charge on any atom is -0.488 e. The van der Waals surface area contributed by atoms with Gasteiger partial charge in [0.25, 0.3) is 0 Å². The zero-order valence-corrected chi connectivity index (χ0v) is 18.2. The van der Waals surface area contributed by atoms with Gasteiger partial charge in [0.1, 0.15) is 12.4 Å². The molecule has 7 heteroatoms. The van der Waals surface area contributed by atoms with Crippen molar-refractivity contribution in [1.29, 1.82) is 5.26 Å². The van der Waals surface area contributed by atoms with Crippen LogP contribution in [0.1, 0.15) is 35.1 Å². The van der Waals surface area contributed by atoms with E-state index in [0.29, 0.717) is 22.6 Å². The molecule has 0 unspecified atom stereocenters. The van der Waals surface area contributed by atoms with Crippen molar-refractivity contribution < 1.29 is 14.3 Å². The number of nitrogens with one attached hydrogen (secondary N) is 2. The topological polar surface area (TPSA) is 104 Å². The number of nitriles is 1. The molecule has 0 heterocycles. The second kappa shape index (κ2) is 11.8. The number of anilines is 1. The normalized spacial score (nSPS) is 10.4. The van der Waals surface area contributed by atoms with E-state index in [-0.39, 0.29) is 31.3 Å². The highest BCUT2D eigenvalue weighted by molar-refractivity contribution is 5.93. The SMILES string of the molecule is Cc1ccc(NC(=O)CCC(=O)NN=Cc2ccccc2OCc2ccccc2C#N)cc1. The van der Waals surface area contributed by atoms with Gasteiger partial charge >= 0.3 is 0 Å². The van der Waals surface area contributed by atoms with E-state index < -0.39 is 0 Å². The molecule has 0 aliphatic rings. The van der Waals surface area contributed by atoms with Crippen LogP contribution in [0, 0.1) is 18.3 Å². The Labute approximate surface area is 192 Å². The number of hydrazone groups is 1. The molecule has 7 nitrogen and oxygen atoms in total. The van der Waals surface area contributed by atoms with Crippen molar-refractivity contribution in [2.45, 2.75) is 26.4 Å². The molecule has 3 rings (SSSR count). The Hall–Kier alpha value is -4.44. The van der Waals surface area contributed by atoms with E-state index in [1.807, 2.05) is 55.5 Å². The zero-order chi connectivity index (χ0) is 23.5. The fourth-order valence-electron chi connectivity index (χ4n) is 2.95. The highest BCUT2D eigenvalue weighted by Crippen LogP contribution is 2.18. The van der Waals surface area contributed by atoms with Crippen molar-refractivity contribution in [3.05, 3.63) is 95.1 Å². The number of ether oxygens (including phenoxy) is 1. The van der Waals surface area contributed by atoms with Crippen LogP contribution in [0.25, 0.3) is 0 Å². The van der Waals surface area contributed by atoms with Gasteiger partial charge in [0.2, 0.25) is 11.8 Å². The molecule has 2 N–H and O–H groups in total. The number of aryl methyl sites for hydroxylation is 1. The van der Waals surface area contributed by atoms with Crippen molar-refractivity contribution in [2.24, 2.45) is 5.10 Å². The fraction of sp³-hybridized carbons (Fsp3) is 0.154. The molecule has 0 aliphatic heterocycles. The third-order valence-corrected chi connectivity index (χ3v) is 4.75. The molecular weight excluding hydrogens is 416 g/mol. The maximum absolute atomic E-state index is 12.0. The number of rotatable bonds is 9. The maximum atomic E-state index is 12.0. The summed E-state index contributed by atoms with van der Waals surface area (Å²) in [5, 5.41) is 15.9. The van der Waals surface area contributed by atoms with Crippen molar-refractivity contribution in [3.63, 3.8) is 0 Å². The van der Waals surface area contributed by atoms with Crippen LogP contribution in [0.5, 0.6) is 5.75 Å². The molecule has 0 fully saturated rings. The molecule has 0 saturated heterocycles. The highest BCUT2D eigenvalue weighted by Gasteiger charge is 2.08. The Morgan fingerprint density at radius 3 is 2.45 bits per heavy atom. The van der Waals surface area contributed by atoms with E-state index in [1.165, 1.54) is 6.21 Å². The standard InChI is InChI=1S/C26H24N4O3/c1-19-10-12-23(13-11-19)29-25(31)14-15-26(32)30-28-17-21-7-4-5-9-24(21)33-18-22-8-3-2-6-20(22)16-27/h2-13,17H,14-15,18H2,1H3,(H,29,31)(H,30,32). The first kappa shape index (κ1) is 23.2. The Morgan fingerprint density at radius 1 is 0.970 bits per heavy atom. The monoisotopic (exact) mass is 440 g/mol. The van der Waals surface area contributed by atoms with Gasteiger partial charge in [0, 0.05) is 29.7 Å². The second-order valence-electron chi connectivity index (χ2n) is 7.30. The van der Waals surface area contributed by atoms with Crippen LogP contribution in [-0.4, -0.2) is 18.0 Å². The number of hydrogen-bond donors (Lipinski definition) is 2. The number of hydrogen-bond acceptors (Lipinski definition) is 5. The smallest absolute Gasteiger partial charge is 0.240 e. The van der Waals surface area contributed by atoms with Crippen molar-refractivity contribution >= 4 is 23.7 Å². The predicted molar refractivity (Wildman–Crippen MR) is 127 cm³/mol. The lowest BCUT2D eigenvalue weighted by atomic mass is 10.1. The van der Waals surface area contributed by atoms with E-state index in [0.717, 1.165) is 11.1 Å². The van der Waals surface area contributed by atoms with Crippen LogP contribution in [-0.2, 0) is 16.2 Å². The first-order valence-corrected chi connectivity index (χ1v) is 10.4. The maximum Gasteiger partial charge on any atom is 0.240 e. The molecule has 3 aromatic rings. The van der Waals surface area contributed by atoms with Crippen molar-refractivity contribution in [2.75, 3.05) is 5.32 Å². The largest absolute Gasteiger partial charge is 0.488 e. The summed E-state index contributed by atoms with van der Waals surface area (Å²) in [5.74, 6) is -0.0400. The van der Waals surface area contributed by atoms with Gasteiger partial charge in [-0.3, -0.25) is 9.59 Å². The van der Waals surface area contributed by atoms with Gasteiger partial charge in [-0.1, -0.05) is 48.0 Å². The first-order valence-electron chi connectivity index (χ1n) is 10.4. The summed E-state index contributed by atoms with van der Waals surface area (Å²) in [4.78, 5) is 24.0. The van der Waals surface area contributed by atoms with Crippen LogP contribution in [0.3, 0.4) is 0 Å². The van der Waals surface area contributed by atoms with Crippen LogP contribution in [0.15, 0.2) is 77.9 Å². The van der Waals surface area contributed by atoms with Crippen LogP contribution < -0.4 is 15.5 Å². The van der Waals surface area contributed by atoms with Crippen LogP contribution in [0.2, 0.25) is 0 Å². The van der Waals surface area contributed by atoms with Crippen LogP contribution in [0.4, 0.5) is 5.69 Å². The van der Waals surface area contributed by atoms with E-state index in [1.54, 1.807) is 24.3 Å². The van der Waals surface area contributed by atoms with E-state index in [9.17, 15) is 14.9 Å². The Bertz CT molecular complexity index is 1180. The Balaban J connectivity index is 1.48. The van der Waals surface area contributed by atoms with Gasteiger partial charge in [0.15, 0.2) is 0 Å². The summed E-state index contributed by atoms with van der Waals surface area (Å²) >= 11 is 0. The number of carbonyl (C=O) groups is 2. The molecule has 0 atom stereocenters. The molecule has 0 aromatic heterocycles. The van der Waals surface area contributed by atoms with Gasteiger partial charge in [-0.25, -0.2) is 5.43 Å². The molecule has 33 heavy (non-hydrogen) atoms. The summed E-state index contributed by atoms with van der Waals surface area (Å²) in [6.45, 7) is 2.20. The molecule has 0 spiro atoms. The second-order valence-corrected chi connectivity index (χ2v) is 7.30. The van der Waals surface area contributed by atoms with Gasteiger partial charge in [0.05, 0.1) is 17.8 Å². The van der Waals surface area contributed by atoms with Crippen molar-refractivity contribution in [3.8, 4) is 11.8 Å². The number of para-hydroxylation sites is 1. The third kappa shape index (κ3) is 7.33. The Morgan fingerprint density at radius 2 is 1.67 bits per heavy atom. The third-order valence-electron chi connectivity index (χ3n) is 4.75. The lowest BCUT2D eigenvalue weighted by Gasteiger charge is -2.10. The number of carbonyl (C=O) groups excluding carboxylic acids is 2. The predicted octanol–water partition coefficient (Wildman–Crippen LogP) is 4.31. The molecule has 3 aromatic carbocycles. The zero-order valence-electron chi connectivity index (χ0n) is 18.2. The van der Waals surface area contributed by atoms with E-state index in [4.69, 9.17) is 4.74 Å². The summed E-state index contributed by atoms with van der Waals surface area (Å²) in [6, 6.07) is 24.1. The van der Waals surface area contributed by atoms with E-state index >= 15 is 0 Å². The number of nitrogens with zero attached hydrogens (tertiary/aromatic N) is 2. The lowest BCUT2D eigenvalue weighted by Crippen LogP contribution is -2.20. The molecule has 0 saturated carbocycles. The average molecular weight is 441 g/mol. The molecular formula is C26H24N4O3. The van der Waals surface area contributed by atoms with Crippen molar-refractivity contribution in [1.82, 2.24) is 5.43 Å². The molecule has 0 bridgehead atoms.